The van der Waals surface area contributed by atoms with E-state index in [1.807, 2.05) is 12.1 Å². The molecule has 2 rings (SSSR count). The van der Waals surface area contributed by atoms with Crippen molar-refractivity contribution >= 4 is 0 Å². The molecule has 0 radical (unpaired) electrons. The fraction of sp³-hybridized carbons (Fsp3) is 0.538. The molecule has 82 valence electrons. The molecule has 0 bridgehead atoms. The predicted molar refractivity (Wildman–Crippen MR) is 62.1 cm³/mol. The highest BCUT2D eigenvalue weighted by molar-refractivity contribution is 5.29. The summed E-state index contributed by atoms with van der Waals surface area (Å²) >= 11 is 0. The first kappa shape index (κ1) is 10.5. The number of rotatable bonds is 3. The molecule has 1 heterocycles. The van der Waals surface area contributed by atoms with Crippen molar-refractivity contribution in [3.8, 4) is 5.75 Å². The van der Waals surface area contributed by atoms with E-state index in [9.17, 15) is 0 Å². The van der Waals surface area contributed by atoms with Crippen molar-refractivity contribution in [2.24, 2.45) is 5.92 Å². The van der Waals surface area contributed by atoms with Gasteiger partial charge in [0.15, 0.2) is 0 Å². The SMILES string of the molecule is CC[C@H]1CCN[C@@H]1c1ccc(OC)cc1. The molecular weight excluding hydrogens is 186 g/mol. The van der Waals surface area contributed by atoms with Crippen LogP contribution in [0.15, 0.2) is 24.3 Å². The molecule has 0 saturated carbocycles. The topological polar surface area (TPSA) is 21.3 Å². The Balaban J connectivity index is 2.14. The zero-order chi connectivity index (χ0) is 10.7. The van der Waals surface area contributed by atoms with Crippen LogP contribution in [0.4, 0.5) is 0 Å². The van der Waals surface area contributed by atoms with Gasteiger partial charge in [0.05, 0.1) is 7.11 Å². The Bertz CT molecular complexity index is 307. The van der Waals surface area contributed by atoms with Gasteiger partial charge in [-0.1, -0.05) is 25.5 Å². The maximum absolute atomic E-state index is 5.16. The van der Waals surface area contributed by atoms with E-state index in [2.05, 4.69) is 24.4 Å². The Morgan fingerprint density at radius 3 is 2.67 bits per heavy atom. The summed E-state index contributed by atoms with van der Waals surface area (Å²) in [7, 11) is 1.71. The van der Waals surface area contributed by atoms with E-state index in [0.29, 0.717) is 6.04 Å². The zero-order valence-corrected chi connectivity index (χ0v) is 9.49. The minimum Gasteiger partial charge on any atom is -0.497 e. The van der Waals surface area contributed by atoms with Crippen molar-refractivity contribution in [1.82, 2.24) is 5.32 Å². The van der Waals surface area contributed by atoms with Crippen molar-refractivity contribution < 1.29 is 4.74 Å². The Hall–Kier alpha value is -1.02. The van der Waals surface area contributed by atoms with Gasteiger partial charge < -0.3 is 10.1 Å². The van der Waals surface area contributed by atoms with Crippen LogP contribution in [0, 0.1) is 5.92 Å². The number of benzene rings is 1. The second-order valence-electron chi connectivity index (χ2n) is 4.16. The maximum Gasteiger partial charge on any atom is 0.118 e. The number of hydrogen-bond acceptors (Lipinski definition) is 2. The van der Waals surface area contributed by atoms with E-state index in [4.69, 9.17) is 4.74 Å². The van der Waals surface area contributed by atoms with E-state index in [0.717, 1.165) is 18.2 Å². The highest BCUT2D eigenvalue weighted by Crippen LogP contribution is 2.32. The van der Waals surface area contributed by atoms with Crippen LogP contribution < -0.4 is 10.1 Å². The van der Waals surface area contributed by atoms with Gasteiger partial charge in [-0.05, 0) is 36.6 Å². The van der Waals surface area contributed by atoms with Gasteiger partial charge in [0.1, 0.15) is 5.75 Å². The first-order valence-electron chi connectivity index (χ1n) is 5.72. The fourth-order valence-electron chi connectivity index (χ4n) is 2.40. The molecule has 0 amide bonds. The zero-order valence-electron chi connectivity index (χ0n) is 9.49. The summed E-state index contributed by atoms with van der Waals surface area (Å²) < 4.78 is 5.16. The van der Waals surface area contributed by atoms with Crippen molar-refractivity contribution in [1.29, 1.82) is 0 Å². The van der Waals surface area contributed by atoms with Gasteiger partial charge in [0.2, 0.25) is 0 Å². The third kappa shape index (κ3) is 2.15. The molecule has 0 aliphatic carbocycles. The molecule has 2 heteroatoms. The minimum atomic E-state index is 0.543. The van der Waals surface area contributed by atoms with Gasteiger partial charge in [0, 0.05) is 6.04 Å². The predicted octanol–water partition coefficient (Wildman–Crippen LogP) is 2.76. The van der Waals surface area contributed by atoms with E-state index in [1.54, 1.807) is 7.11 Å². The van der Waals surface area contributed by atoms with Crippen LogP contribution in [0.1, 0.15) is 31.4 Å². The molecule has 1 aliphatic rings. The smallest absolute Gasteiger partial charge is 0.118 e. The van der Waals surface area contributed by atoms with Gasteiger partial charge in [-0.15, -0.1) is 0 Å². The number of nitrogens with one attached hydrogen (secondary N) is 1. The van der Waals surface area contributed by atoms with Crippen molar-refractivity contribution in [2.45, 2.75) is 25.8 Å². The molecule has 0 aromatic heterocycles. The van der Waals surface area contributed by atoms with Crippen LogP contribution in [0.25, 0.3) is 0 Å². The summed E-state index contributed by atoms with van der Waals surface area (Å²) in [5.41, 5.74) is 1.39. The van der Waals surface area contributed by atoms with E-state index < -0.39 is 0 Å². The summed E-state index contributed by atoms with van der Waals surface area (Å²) in [5, 5.41) is 3.57. The van der Waals surface area contributed by atoms with Crippen LogP contribution >= 0.6 is 0 Å². The van der Waals surface area contributed by atoms with E-state index in [1.165, 1.54) is 18.4 Å². The minimum absolute atomic E-state index is 0.543. The first-order valence-corrected chi connectivity index (χ1v) is 5.72. The maximum atomic E-state index is 5.16. The second-order valence-corrected chi connectivity index (χ2v) is 4.16. The van der Waals surface area contributed by atoms with Crippen molar-refractivity contribution in [2.75, 3.05) is 13.7 Å². The van der Waals surface area contributed by atoms with Gasteiger partial charge in [-0.25, -0.2) is 0 Å². The second kappa shape index (κ2) is 4.67. The van der Waals surface area contributed by atoms with Crippen molar-refractivity contribution in [3.05, 3.63) is 29.8 Å². The summed E-state index contributed by atoms with van der Waals surface area (Å²) in [5.74, 6) is 1.73. The lowest BCUT2D eigenvalue weighted by atomic mass is 9.92. The number of hydrogen-bond donors (Lipinski definition) is 1. The molecule has 2 nitrogen and oxygen atoms in total. The lowest BCUT2D eigenvalue weighted by Gasteiger charge is -2.18. The van der Waals surface area contributed by atoms with Gasteiger partial charge in [-0.2, -0.15) is 0 Å². The Morgan fingerprint density at radius 2 is 2.07 bits per heavy atom. The van der Waals surface area contributed by atoms with Crippen molar-refractivity contribution in [3.63, 3.8) is 0 Å². The Labute approximate surface area is 91.6 Å². The van der Waals surface area contributed by atoms with Crippen LogP contribution in [0.5, 0.6) is 5.75 Å². The molecule has 1 N–H and O–H groups in total. The van der Waals surface area contributed by atoms with E-state index in [-0.39, 0.29) is 0 Å². The molecule has 1 aliphatic heterocycles. The van der Waals surface area contributed by atoms with Crippen LogP contribution in [0.3, 0.4) is 0 Å². The lowest BCUT2D eigenvalue weighted by molar-refractivity contribution is 0.413. The fourth-order valence-corrected chi connectivity index (χ4v) is 2.40. The number of ether oxygens (including phenoxy) is 1. The molecule has 1 aromatic rings. The molecule has 15 heavy (non-hydrogen) atoms. The summed E-state index contributed by atoms with van der Waals surface area (Å²) in [6, 6.07) is 8.97. The summed E-state index contributed by atoms with van der Waals surface area (Å²) in [6.45, 7) is 3.42. The highest BCUT2D eigenvalue weighted by atomic mass is 16.5. The number of methoxy groups -OCH3 is 1. The van der Waals surface area contributed by atoms with Crippen LogP contribution in [-0.2, 0) is 0 Å². The lowest BCUT2D eigenvalue weighted by Crippen LogP contribution is -2.17. The standard InChI is InChI=1S/C13H19NO/c1-3-10-8-9-14-13(10)11-4-6-12(15-2)7-5-11/h4-7,10,13-14H,3,8-9H2,1-2H3/t10-,13-/m0/s1. The molecule has 1 saturated heterocycles. The average molecular weight is 205 g/mol. The van der Waals surface area contributed by atoms with Crippen LogP contribution in [0.2, 0.25) is 0 Å². The molecular formula is C13H19NO. The summed E-state index contributed by atoms with van der Waals surface area (Å²) in [6.07, 6.45) is 2.55. The van der Waals surface area contributed by atoms with Gasteiger partial charge >= 0.3 is 0 Å². The van der Waals surface area contributed by atoms with E-state index >= 15 is 0 Å². The molecule has 0 spiro atoms. The summed E-state index contributed by atoms with van der Waals surface area (Å²) in [4.78, 5) is 0. The first-order chi connectivity index (χ1) is 7.35. The molecule has 1 aromatic carbocycles. The third-order valence-electron chi connectivity index (χ3n) is 3.35. The monoisotopic (exact) mass is 205 g/mol. The molecule has 2 atom stereocenters. The third-order valence-corrected chi connectivity index (χ3v) is 3.35. The normalized spacial score (nSPS) is 25.5. The quantitative estimate of drug-likeness (QED) is 0.819. The van der Waals surface area contributed by atoms with Crippen LogP contribution in [-0.4, -0.2) is 13.7 Å². The Morgan fingerprint density at radius 1 is 1.33 bits per heavy atom. The largest absolute Gasteiger partial charge is 0.497 e. The average Bonchev–Trinajstić information content (AvgIpc) is 2.77. The van der Waals surface area contributed by atoms with Gasteiger partial charge in [0.25, 0.3) is 0 Å². The Kier molecular flexibility index (Phi) is 3.27. The molecule has 0 unspecified atom stereocenters. The van der Waals surface area contributed by atoms with Gasteiger partial charge in [-0.3, -0.25) is 0 Å². The highest BCUT2D eigenvalue weighted by Gasteiger charge is 2.26. The molecule has 1 fully saturated rings.